The highest BCUT2D eigenvalue weighted by molar-refractivity contribution is 6.36. The third-order valence-electron chi connectivity index (χ3n) is 14.9. The zero-order valence-corrected chi connectivity index (χ0v) is 44.4. The number of imide groups is 1. The molecule has 0 atom stereocenters. The molecule has 12 rings (SSSR count). The Balaban J connectivity index is 0.909. The van der Waals surface area contributed by atoms with Gasteiger partial charge in [0.2, 0.25) is 0 Å². The van der Waals surface area contributed by atoms with E-state index in [0.717, 1.165) is 84.4 Å². The van der Waals surface area contributed by atoms with Crippen LogP contribution in [0, 0.1) is 13.8 Å². The van der Waals surface area contributed by atoms with Crippen molar-refractivity contribution < 1.29 is 9.59 Å². The van der Waals surface area contributed by atoms with E-state index in [9.17, 15) is 9.59 Å². The van der Waals surface area contributed by atoms with Crippen LogP contribution in [-0.2, 0) is 5.41 Å². The third kappa shape index (κ3) is 9.39. The van der Waals surface area contributed by atoms with E-state index in [4.69, 9.17) is 0 Å². The molecule has 6 nitrogen and oxygen atoms in total. The average molecular weight is 1010 g/mol. The maximum atomic E-state index is 14.6. The van der Waals surface area contributed by atoms with Crippen molar-refractivity contribution in [2.24, 2.45) is 0 Å². The summed E-state index contributed by atoms with van der Waals surface area (Å²) < 4.78 is 0. The van der Waals surface area contributed by atoms with Crippen molar-refractivity contribution in [1.29, 1.82) is 0 Å². The van der Waals surface area contributed by atoms with Crippen LogP contribution in [0.5, 0.6) is 0 Å². The molecule has 1 aliphatic rings. The van der Waals surface area contributed by atoms with Gasteiger partial charge in [0, 0.05) is 67.4 Å². The number of carbonyl (C=O) groups excluding carboxylic acids is 2. The van der Waals surface area contributed by atoms with E-state index in [1.165, 1.54) is 16.0 Å². The van der Waals surface area contributed by atoms with Gasteiger partial charge in [-0.05, 0) is 174 Å². The monoisotopic (exact) mass is 1010 g/mol. The fourth-order valence-corrected chi connectivity index (χ4v) is 10.7. The molecular weight excluding hydrogens is 953 g/mol. The Morgan fingerprint density at radius 3 is 1.05 bits per heavy atom. The largest absolute Gasteiger partial charge is 0.311 e. The van der Waals surface area contributed by atoms with E-state index in [1.807, 2.05) is 66.7 Å². The molecule has 0 saturated heterocycles. The zero-order chi connectivity index (χ0) is 53.5. The van der Waals surface area contributed by atoms with Gasteiger partial charge < -0.3 is 14.7 Å². The van der Waals surface area contributed by atoms with Crippen LogP contribution in [-0.4, -0.2) is 11.8 Å². The van der Waals surface area contributed by atoms with Gasteiger partial charge in [0.1, 0.15) is 0 Å². The molecule has 0 saturated carbocycles. The van der Waals surface area contributed by atoms with Gasteiger partial charge >= 0.3 is 0 Å². The number of benzene rings is 11. The van der Waals surface area contributed by atoms with Crippen LogP contribution in [0.25, 0.3) is 33.0 Å². The number of amides is 2. The van der Waals surface area contributed by atoms with E-state index in [1.54, 1.807) is 0 Å². The van der Waals surface area contributed by atoms with Crippen LogP contribution in [0.15, 0.2) is 261 Å². The van der Waals surface area contributed by atoms with Gasteiger partial charge in [-0.3, -0.25) is 9.59 Å². The smallest absolute Gasteiger partial charge is 0.265 e. The standard InChI is InChI=1S/C72H58N4O2/c1-49-19-33-58(34-20-49)73(56-13-8-6-9-14-56)60-37-23-51(24-38-60)53-27-41-62(42-28-53)75(68-48-47-67-69-65(68)17-12-18-66(69)70(77)76(71(67)78)64-45-31-55(32-46-64)72(3,4)5)63-43-29-54(30-44-63)52-25-39-61(40-26-52)74(57-15-10-7-11-16-57)59-35-21-50(2)22-36-59/h6-48H,1-5H3. The number of rotatable bonds is 12. The molecule has 0 aromatic heterocycles. The molecule has 2 amide bonds. The Bertz CT molecular complexity index is 3750. The van der Waals surface area contributed by atoms with Gasteiger partial charge in [-0.25, -0.2) is 4.90 Å². The van der Waals surface area contributed by atoms with Gasteiger partial charge in [0.25, 0.3) is 11.8 Å². The molecule has 0 spiro atoms. The number of carbonyl (C=O) groups is 2. The van der Waals surface area contributed by atoms with Gasteiger partial charge in [0.05, 0.1) is 11.4 Å². The first kappa shape index (κ1) is 49.1. The van der Waals surface area contributed by atoms with Crippen molar-refractivity contribution >= 4 is 79.5 Å². The molecule has 6 heteroatoms. The lowest BCUT2D eigenvalue weighted by atomic mass is 9.87. The Labute approximate surface area is 457 Å². The molecule has 378 valence electrons. The fraction of sp³-hybridized carbons (Fsp3) is 0.0833. The second kappa shape index (κ2) is 20.4. The lowest BCUT2D eigenvalue weighted by molar-refractivity contribution is 0.0893. The molecule has 1 aliphatic heterocycles. The fourth-order valence-electron chi connectivity index (χ4n) is 10.7. The van der Waals surface area contributed by atoms with Crippen molar-refractivity contribution in [2.75, 3.05) is 19.6 Å². The molecule has 0 N–H and O–H groups in total. The predicted molar refractivity (Wildman–Crippen MR) is 325 cm³/mol. The molecule has 0 bridgehead atoms. The van der Waals surface area contributed by atoms with Gasteiger partial charge in [-0.2, -0.15) is 0 Å². The van der Waals surface area contributed by atoms with Crippen molar-refractivity contribution in [3.63, 3.8) is 0 Å². The average Bonchev–Trinajstić information content (AvgIpc) is 3.60. The number of para-hydroxylation sites is 2. The van der Waals surface area contributed by atoms with Crippen LogP contribution in [0.2, 0.25) is 0 Å². The summed E-state index contributed by atoms with van der Waals surface area (Å²) in [6.07, 6.45) is 0. The van der Waals surface area contributed by atoms with Gasteiger partial charge in [-0.1, -0.05) is 165 Å². The number of anilines is 10. The minimum Gasteiger partial charge on any atom is -0.311 e. The van der Waals surface area contributed by atoms with E-state index in [2.05, 4.69) is 243 Å². The van der Waals surface area contributed by atoms with Crippen LogP contribution in [0.3, 0.4) is 0 Å². The zero-order valence-electron chi connectivity index (χ0n) is 44.4. The molecule has 78 heavy (non-hydrogen) atoms. The quantitative estimate of drug-likeness (QED) is 0.114. The summed E-state index contributed by atoms with van der Waals surface area (Å²) in [6, 6.07) is 90.4. The molecule has 0 radical (unpaired) electrons. The lowest BCUT2D eigenvalue weighted by Crippen LogP contribution is -2.40. The highest BCUT2D eigenvalue weighted by Gasteiger charge is 2.35. The van der Waals surface area contributed by atoms with Crippen molar-refractivity contribution in [3.8, 4) is 22.3 Å². The number of hydrogen-bond donors (Lipinski definition) is 0. The van der Waals surface area contributed by atoms with E-state index >= 15 is 0 Å². The molecule has 11 aromatic carbocycles. The van der Waals surface area contributed by atoms with E-state index in [0.29, 0.717) is 22.2 Å². The summed E-state index contributed by atoms with van der Waals surface area (Å²) >= 11 is 0. The molecule has 0 aliphatic carbocycles. The molecule has 11 aromatic rings. The van der Waals surface area contributed by atoms with Gasteiger partial charge in [0.15, 0.2) is 0 Å². The molecule has 0 fully saturated rings. The highest BCUT2D eigenvalue weighted by atomic mass is 16.2. The van der Waals surface area contributed by atoms with Crippen LogP contribution in [0.4, 0.5) is 56.9 Å². The SMILES string of the molecule is Cc1ccc(N(c2ccccc2)c2ccc(-c3ccc(N(c4ccc(-c5ccc(N(c6ccccc6)c6ccc(C)cc6)cc5)cc4)c4ccc5c6c(cccc46)C(=O)N(c4ccc(C(C)(C)C)cc4)C5=O)cc3)cc2)cc1. The predicted octanol–water partition coefficient (Wildman–Crippen LogP) is 19.3. The second-order valence-corrected chi connectivity index (χ2v) is 21.1. The Kier molecular flexibility index (Phi) is 12.8. The minimum atomic E-state index is -0.340. The lowest BCUT2D eigenvalue weighted by Gasteiger charge is -2.31. The summed E-state index contributed by atoms with van der Waals surface area (Å²) in [4.78, 5) is 37.3. The first-order chi connectivity index (χ1) is 38.0. The first-order valence-electron chi connectivity index (χ1n) is 26.6. The summed E-state index contributed by atoms with van der Waals surface area (Å²) in [5, 5.41) is 1.46. The van der Waals surface area contributed by atoms with E-state index in [-0.39, 0.29) is 17.2 Å². The van der Waals surface area contributed by atoms with Gasteiger partial charge in [-0.15, -0.1) is 0 Å². The topological polar surface area (TPSA) is 47.1 Å². The maximum Gasteiger partial charge on any atom is 0.265 e. The summed E-state index contributed by atoms with van der Waals surface area (Å²) in [5.74, 6) is -0.680. The minimum absolute atomic E-state index is 0.0759. The summed E-state index contributed by atoms with van der Waals surface area (Å²) in [5.41, 5.74) is 18.5. The summed E-state index contributed by atoms with van der Waals surface area (Å²) in [6.45, 7) is 10.7. The second-order valence-electron chi connectivity index (χ2n) is 21.1. The first-order valence-corrected chi connectivity index (χ1v) is 26.6. The normalized spacial score (nSPS) is 12.2. The van der Waals surface area contributed by atoms with E-state index < -0.39 is 0 Å². The molecular formula is C72H58N4O2. The van der Waals surface area contributed by atoms with Crippen molar-refractivity contribution in [3.05, 3.63) is 289 Å². The number of hydrogen-bond acceptors (Lipinski definition) is 5. The summed E-state index contributed by atoms with van der Waals surface area (Å²) in [7, 11) is 0. The molecule has 0 unspecified atom stereocenters. The number of aryl methyl sites for hydroxylation is 2. The molecule has 1 heterocycles. The number of nitrogens with zero attached hydrogens (tertiary/aromatic N) is 4. The van der Waals surface area contributed by atoms with Crippen molar-refractivity contribution in [2.45, 2.75) is 40.0 Å². The van der Waals surface area contributed by atoms with Crippen LogP contribution in [0.1, 0.15) is 58.2 Å². The maximum absolute atomic E-state index is 14.6. The Morgan fingerprint density at radius 1 is 0.321 bits per heavy atom. The van der Waals surface area contributed by atoms with Crippen LogP contribution >= 0.6 is 0 Å². The Hall–Kier alpha value is -9.78. The highest BCUT2D eigenvalue weighted by Crippen LogP contribution is 2.45. The van der Waals surface area contributed by atoms with Crippen LogP contribution < -0.4 is 19.6 Å². The Morgan fingerprint density at radius 2 is 0.667 bits per heavy atom. The van der Waals surface area contributed by atoms with Crippen molar-refractivity contribution in [1.82, 2.24) is 0 Å². The third-order valence-corrected chi connectivity index (χ3v) is 14.9.